The van der Waals surface area contributed by atoms with Gasteiger partial charge in [-0.25, -0.2) is 4.68 Å². The van der Waals surface area contributed by atoms with Crippen molar-refractivity contribution in [3.8, 4) is 0 Å². The van der Waals surface area contributed by atoms with Crippen LogP contribution in [0.25, 0.3) is 0 Å². The first-order valence-electron chi connectivity index (χ1n) is 5.83. The van der Waals surface area contributed by atoms with E-state index in [0.717, 1.165) is 0 Å². The highest BCUT2D eigenvalue weighted by Gasteiger charge is 2.23. The van der Waals surface area contributed by atoms with Gasteiger partial charge < -0.3 is 11.1 Å². The molecule has 1 unspecified atom stereocenters. The van der Waals surface area contributed by atoms with Gasteiger partial charge in [-0.15, -0.1) is 0 Å². The molecule has 1 atom stereocenters. The number of halogens is 1. The summed E-state index contributed by atoms with van der Waals surface area (Å²) in [6.45, 7) is 3.07. The molecule has 0 radical (unpaired) electrons. The summed E-state index contributed by atoms with van der Waals surface area (Å²) in [7, 11) is 0. The monoisotopic (exact) mass is 256 g/mol. The van der Waals surface area contributed by atoms with Crippen molar-refractivity contribution in [2.24, 2.45) is 11.7 Å². The number of aromatic nitrogens is 2. The van der Waals surface area contributed by atoms with Crippen LogP contribution in [0.4, 0.5) is 5.69 Å². The molecule has 1 saturated carbocycles. The molecular formula is C11H17ClN4O. The second-order valence-electron chi connectivity index (χ2n) is 4.66. The summed E-state index contributed by atoms with van der Waals surface area (Å²) in [5, 5.41) is 7.38. The Kier molecular flexibility index (Phi) is 3.69. The molecule has 0 aliphatic heterocycles. The summed E-state index contributed by atoms with van der Waals surface area (Å²) in [5.41, 5.74) is 5.88. The predicted molar refractivity (Wildman–Crippen MR) is 68.4 cm³/mol. The van der Waals surface area contributed by atoms with Crippen LogP contribution in [0.15, 0.2) is 11.0 Å². The molecule has 1 aromatic rings. The fourth-order valence-corrected chi connectivity index (χ4v) is 1.76. The average molecular weight is 257 g/mol. The lowest BCUT2D eigenvalue weighted by molar-refractivity contribution is 0.534. The second kappa shape index (κ2) is 5.06. The maximum absolute atomic E-state index is 12.1. The number of hydrogen-bond donors (Lipinski definition) is 2. The topological polar surface area (TPSA) is 72.9 Å². The molecule has 1 heterocycles. The second-order valence-corrected chi connectivity index (χ2v) is 5.06. The molecule has 0 saturated heterocycles. The Bertz CT molecular complexity index is 453. The molecule has 0 amide bonds. The van der Waals surface area contributed by atoms with Crippen LogP contribution >= 0.6 is 11.6 Å². The molecule has 17 heavy (non-hydrogen) atoms. The summed E-state index contributed by atoms with van der Waals surface area (Å²) in [4.78, 5) is 12.1. The van der Waals surface area contributed by atoms with Gasteiger partial charge >= 0.3 is 0 Å². The first-order chi connectivity index (χ1) is 8.08. The molecule has 94 valence electrons. The van der Waals surface area contributed by atoms with Gasteiger partial charge in [0, 0.05) is 19.1 Å². The molecule has 1 aliphatic rings. The van der Waals surface area contributed by atoms with E-state index in [2.05, 4.69) is 10.4 Å². The zero-order valence-corrected chi connectivity index (χ0v) is 10.6. The van der Waals surface area contributed by atoms with Crippen molar-refractivity contribution in [1.82, 2.24) is 9.78 Å². The molecular weight excluding hydrogens is 240 g/mol. The van der Waals surface area contributed by atoms with Crippen LogP contribution in [0.1, 0.15) is 19.8 Å². The highest BCUT2D eigenvalue weighted by molar-refractivity contribution is 6.32. The smallest absolute Gasteiger partial charge is 0.291 e. The molecule has 5 nitrogen and oxygen atoms in total. The van der Waals surface area contributed by atoms with Crippen LogP contribution in [0.3, 0.4) is 0 Å². The van der Waals surface area contributed by atoms with Crippen LogP contribution in [-0.2, 0) is 6.54 Å². The molecule has 1 aromatic heterocycles. The maximum atomic E-state index is 12.1. The van der Waals surface area contributed by atoms with Crippen LogP contribution in [-0.4, -0.2) is 22.4 Å². The minimum absolute atomic E-state index is 0.0319. The summed E-state index contributed by atoms with van der Waals surface area (Å²) < 4.78 is 1.48. The van der Waals surface area contributed by atoms with E-state index in [1.807, 2.05) is 6.92 Å². The first-order valence-corrected chi connectivity index (χ1v) is 6.21. The van der Waals surface area contributed by atoms with E-state index >= 15 is 0 Å². The summed E-state index contributed by atoms with van der Waals surface area (Å²) in [5.74, 6) is 0.600. The molecule has 1 aliphatic carbocycles. The number of rotatable bonds is 5. The Balaban J connectivity index is 2.19. The van der Waals surface area contributed by atoms with E-state index in [0.29, 0.717) is 29.7 Å². The Labute approximate surface area is 105 Å². The Morgan fingerprint density at radius 1 is 1.71 bits per heavy atom. The Morgan fingerprint density at radius 3 is 3.00 bits per heavy atom. The van der Waals surface area contributed by atoms with Crippen molar-refractivity contribution < 1.29 is 0 Å². The van der Waals surface area contributed by atoms with Gasteiger partial charge in [0.1, 0.15) is 5.69 Å². The molecule has 0 aromatic carbocycles. The average Bonchev–Trinajstić information content (AvgIpc) is 3.05. The normalized spacial score (nSPS) is 16.9. The van der Waals surface area contributed by atoms with Gasteiger partial charge in [0.25, 0.3) is 5.56 Å². The first kappa shape index (κ1) is 12.4. The van der Waals surface area contributed by atoms with E-state index < -0.39 is 0 Å². The van der Waals surface area contributed by atoms with E-state index in [1.165, 1.54) is 23.7 Å². The van der Waals surface area contributed by atoms with Crippen molar-refractivity contribution in [3.63, 3.8) is 0 Å². The van der Waals surface area contributed by atoms with Crippen molar-refractivity contribution in [2.75, 3.05) is 11.9 Å². The lowest BCUT2D eigenvalue weighted by atomic mass is 10.3. The van der Waals surface area contributed by atoms with Gasteiger partial charge in [-0.1, -0.05) is 11.6 Å². The zero-order valence-electron chi connectivity index (χ0n) is 9.82. The van der Waals surface area contributed by atoms with Gasteiger partial charge in [-0.2, -0.15) is 5.10 Å². The predicted octanol–water partition coefficient (Wildman–Crippen LogP) is 1.07. The number of anilines is 1. The van der Waals surface area contributed by atoms with E-state index in [1.54, 1.807) is 0 Å². The minimum Gasteiger partial charge on any atom is -0.378 e. The van der Waals surface area contributed by atoms with Gasteiger partial charge in [0.15, 0.2) is 0 Å². The molecule has 0 bridgehead atoms. The fraction of sp³-hybridized carbons (Fsp3) is 0.636. The number of nitrogens with two attached hydrogens (primary N) is 1. The van der Waals surface area contributed by atoms with E-state index in [4.69, 9.17) is 17.3 Å². The quantitative estimate of drug-likeness (QED) is 0.827. The molecule has 2 rings (SSSR count). The number of nitrogens with zero attached hydrogens (tertiary/aromatic N) is 2. The van der Waals surface area contributed by atoms with Crippen LogP contribution in [0.2, 0.25) is 5.02 Å². The van der Waals surface area contributed by atoms with Crippen molar-refractivity contribution >= 4 is 17.3 Å². The third kappa shape index (κ3) is 3.20. The SMILES string of the molecule is CC(N)CNc1c(Cl)cnn(CC2CC2)c1=O. The Hall–Kier alpha value is -1.07. The number of hydrogen-bond acceptors (Lipinski definition) is 4. The maximum Gasteiger partial charge on any atom is 0.291 e. The van der Waals surface area contributed by atoms with Crippen LogP contribution in [0, 0.1) is 5.92 Å². The Morgan fingerprint density at radius 2 is 2.41 bits per heavy atom. The van der Waals surface area contributed by atoms with Crippen molar-refractivity contribution in [1.29, 1.82) is 0 Å². The fourth-order valence-electron chi connectivity index (χ4n) is 1.57. The van der Waals surface area contributed by atoms with E-state index in [-0.39, 0.29) is 11.6 Å². The van der Waals surface area contributed by atoms with E-state index in [9.17, 15) is 4.79 Å². The highest BCUT2D eigenvalue weighted by Crippen LogP contribution is 2.30. The summed E-state index contributed by atoms with van der Waals surface area (Å²) in [6.07, 6.45) is 3.87. The third-order valence-corrected chi connectivity index (χ3v) is 3.01. The largest absolute Gasteiger partial charge is 0.378 e. The van der Waals surface area contributed by atoms with Crippen LogP contribution in [0.5, 0.6) is 0 Å². The lowest BCUT2D eigenvalue weighted by Gasteiger charge is -2.11. The van der Waals surface area contributed by atoms with Crippen molar-refractivity contribution in [3.05, 3.63) is 21.6 Å². The van der Waals surface area contributed by atoms with Gasteiger partial charge in [0.05, 0.1) is 11.2 Å². The number of nitrogens with one attached hydrogen (secondary N) is 1. The van der Waals surface area contributed by atoms with Gasteiger partial charge in [0.2, 0.25) is 0 Å². The zero-order chi connectivity index (χ0) is 12.4. The molecule has 0 spiro atoms. The van der Waals surface area contributed by atoms with Gasteiger partial charge in [-0.05, 0) is 25.7 Å². The molecule has 1 fully saturated rings. The standard InChI is InChI=1S/C11H17ClN4O/c1-7(13)4-14-10-9(12)5-15-16(11(10)17)6-8-2-3-8/h5,7-8,14H,2-4,6,13H2,1H3. The van der Waals surface area contributed by atoms with Gasteiger partial charge in [-0.3, -0.25) is 4.79 Å². The van der Waals surface area contributed by atoms with Crippen molar-refractivity contribution in [2.45, 2.75) is 32.4 Å². The third-order valence-electron chi connectivity index (χ3n) is 2.73. The molecule has 6 heteroatoms. The molecule has 3 N–H and O–H groups in total. The summed E-state index contributed by atoms with van der Waals surface area (Å²) in [6, 6.07) is -0.0319. The van der Waals surface area contributed by atoms with Crippen LogP contribution < -0.4 is 16.6 Å². The highest BCUT2D eigenvalue weighted by atomic mass is 35.5. The lowest BCUT2D eigenvalue weighted by Crippen LogP contribution is -2.31. The minimum atomic E-state index is -0.162. The summed E-state index contributed by atoms with van der Waals surface area (Å²) >= 11 is 5.96.